The minimum absolute atomic E-state index is 0.331. The number of amides is 1. The van der Waals surface area contributed by atoms with E-state index in [0.29, 0.717) is 23.0 Å². The van der Waals surface area contributed by atoms with Crippen LogP contribution in [0.4, 0.5) is 14.9 Å². The number of benzene rings is 2. The highest BCUT2D eigenvalue weighted by atomic mass is 32.2. The van der Waals surface area contributed by atoms with Gasteiger partial charge >= 0.3 is 6.09 Å². The monoisotopic (exact) mass is 391 g/mol. The topological polar surface area (TPSA) is 70.6 Å². The first-order valence-electron chi connectivity index (χ1n) is 8.76. The summed E-state index contributed by atoms with van der Waals surface area (Å²) in [4.78, 5) is 12.2. The van der Waals surface area contributed by atoms with E-state index in [-0.39, 0.29) is 5.82 Å². The van der Waals surface area contributed by atoms with Crippen LogP contribution in [0.25, 0.3) is 0 Å². The van der Waals surface area contributed by atoms with E-state index >= 15 is 0 Å². The molecule has 1 atom stereocenters. The molecular weight excluding hydrogens is 369 g/mol. The fourth-order valence-electron chi connectivity index (χ4n) is 2.87. The smallest absolute Gasteiger partial charge is 0.412 e. The average molecular weight is 391 g/mol. The van der Waals surface area contributed by atoms with Crippen LogP contribution in [0.2, 0.25) is 0 Å². The number of ether oxygens (including phenoxy) is 2. The van der Waals surface area contributed by atoms with Crippen molar-refractivity contribution < 1.29 is 23.2 Å². The SMILES string of the molecule is CC1(C)OC(=O)Nc2ccc(OCCCC[S+]([O-])c3ccc(F)cc3)cc21. The predicted molar refractivity (Wildman–Crippen MR) is 102 cm³/mol. The third kappa shape index (κ3) is 4.93. The highest BCUT2D eigenvalue weighted by molar-refractivity contribution is 7.91. The maximum atomic E-state index is 12.9. The van der Waals surface area contributed by atoms with Gasteiger partial charge in [0.25, 0.3) is 0 Å². The third-order valence-electron chi connectivity index (χ3n) is 4.29. The fraction of sp³-hybridized carbons (Fsp3) is 0.350. The van der Waals surface area contributed by atoms with Gasteiger partial charge in [-0.2, -0.15) is 0 Å². The highest BCUT2D eigenvalue weighted by Gasteiger charge is 2.33. The lowest BCUT2D eigenvalue weighted by Crippen LogP contribution is -2.34. The molecule has 0 aliphatic carbocycles. The molecule has 1 N–H and O–H groups in total. The number of rotatable bonds is 7. The first kappa shape index (κ1) is 19.5. The maximum Gasteiger partial charge on any atom is 0.412 e. The molecule has 144 valence electrons. The van der Waals surface area contributed by atoms with Crippen LogP contribution >= 0.6 is 0 Å². The maximum absolute atomic E-state index is 12.9. The van der Waals surface area contributed by atoms with Gasteiger partial charge in [-0.25, -0.2) is 9.18 Å². The number of fused-ring (bicyclic) bond motifs is 1. The lowest BCUT2D eigenvalue weighted by molar-refractivity contribution is 0.0418. The number of halogens is 1. The number of carbonyl (C=O) groups excluding carboxylic acids is 1. The summed E-state index contributed by atoms with van der Waals surface area (Å²) in [7, 11) is 0. The van der Waals surface area contributed by atoms with Gasteiger partial charge in [0.2, 0.25) is 0 Å². The zero-order chi connectivity index (χ0) is 19.4. The van der Waals surface area contributed by atoms with E-state index in [1.807, 2.05) is 19.9 Å². The zero-order valence-electron chi connectivity index (χ0n) is 15.3. The van der Waals surface area contributed by atoms with Crippen LogP contribution in [0, 0.1) is 5.82 Å². The van der Waals surface area contributed by atoms with Crippen LogP contribution in [-0.4, -0.2) is 23.0 Å². The van der Waals surface area contributed by atoms with Crippen molar-refractivity contribution in [1.82, 2.24) is 0 Å². The molecular formula is C20H22FNO4S. The van der Waals surface area contributed by atoms with Crippen LogP contribution in [-0.2, 0) is 21.5 Å². The van der Waals surface area contributed by atoms with Gasteiger partial charge in [0.15, 0.2) is 4.90 Å². The Labute approximate surface area is 161 Å². The number of cyclic esters (lactones) is 1. The molecule has 2 aromatic rings. The summed E-state index contributed by atoms with van der Waals surface area (Å²) in [6.45, 7) is 4.16. The second-order valence-electron chi connectivity index (χ2n) is 6.79. The minimum atomic E-state index is -1.13. The summed E-state index contributed by atoms with van der Waals surface area (Å²) in [6.07, 6.45) is 1.02. The lowest BCUT2D eigenvalue weighted by atomic mass is 9.94. The summed E-state index contributed by atoms with van der Waals surface area (Å²) in [6, 6.07) is 11.2. The molecule has 1 amide bonds. The molecule has 1 unspecified atom stereocenters. The van der Waals surface area contributed by atoms with Gasteiger partial charge in [-0.1, -0.05) is 0 Å². The standard InChI is InChI=1S/C20H22FNO4S/c1-20(2)17-13-15(7-10-18(17)22-19(23)26-20)25-11-3-4-12-27(24)16-8-5-14(21)6-9-16/h5-10,13H,3-4,11-12H2,1-2H3,(H,22,23). The van der Waals surface area contributed by atoms with E-state index in [2.05, 4.69) is 5.32 Å². The Morgan fingerprint density at radius 2 is 1.93 bits per heavy atom. The molecule has 2 aromatic carbocycles. The summed E-state index contributed by atoms with van der Waals surface area (Å²) >= 11 is -1.13. The quantitative estimate of drug-likeness (QED) is 0.554. The predicted octanol–water partition coefficient (Wildman–Crippen LogP) is 4.59. The fourth-order valence-corrected chi connectivity index (χ4v) is 4.01. The Morgan fingerprint density at radius 1 is 1.19 bits per heavy atom. The molecule has 3 rings (SSSR count). The number of carbonyl (C=O) groups is 1. The molecule has 0 aromatic heterocycles. The molecule has 5 nitrogen and oxygen atoms in total. The Kier molecular flexibility index (Phi) is 5.92. The molecule has 0 fully saturated rings. The highest BCUT2D eigenvalue weighted by Crippen LogP contribution is 2.37. The summed E-state index contributed by atoms with van der Waals surface area (Å²) in [5.74, 6) is 0.870. The van der Waals surface area contributed by atoms with Gasteiger partial charge in [0.05, 0.1) is 12.3 Å². The van der Waals surface area contributed by atoms with Crippen molar-refractivity contribution >= 4 is 23.0 Å². The van der Waals surface area contributed by atoms with Gasteiger partial charge in [0.1, 0.15) is 22.9 Å². The Bertz CT molecular complexity index is 810. The van der Waals surface area contributed by atoms with Crippen molar-refractivity contribution in [2.45, 2.75) is 37.2 Å². The van der Waals surface area contributed by atoms with Crippen molar-refractivity contribution in [1.29, 1.82) is 0 Å². The molecule has 0 saturated carbocycles. The Morgan fingerprint density at radius 3 is 2.67 bits per heavy atom. The average Bonchev–Trinajstić information content (AvgIpc) is 2.61. The number of hydrogen-bond acceptors (Lipinski definition) is 4. The second-order valence-corrected chi connectivity index (χ2v) is 8.36. The van der Waals surface area contributed by atoms with Crippen LogP contribution in [0.3, 0.4) is 0 Å². The zero-order valence-corrected chi connectivity index (χ0v) is 16.1. The lowest BCUT2D eigenvalue weighted by Gasteiger charge is -2.32. The third-order valence-corrected chi connectivity index (χ3v) is 5.75. The number of anilines is 1. The first-order valence-corrected chi connectivity index (χ1v) is 10.1. The van der Waals surface area contributed by atoms with Crippen molar-refractivity contribution in [2.24, 2.45) is 0 Å². The number of unbranched alkanes of at least 4 members (excludes halogenated alkanes) is 1. The van der Waals surface area contributed by atoms with Crippen molar-refractivity contribution in [3.05, 3.63) is 53.8 Å². The Balaban J connectivity index is 1.47. The normalized spacial score (nSPS) is 16.1. The van der Waals surface area contributed by atoms with E-state index in [1.165, 1.54) is 12.1 Å². The molecule has 0 bridgehead atoms. The van der Waals surface area contributed by atoms with Gasteiger partial charge in [-0.3, -0.25) is 5.32 Å². The van der Waals surface area contributed by atoms with Crippen LogP contribution in [0.1, 0.15) is 32.3 Å². The van der Waals surface area contributed by atoms with E-state index in [1.54, 1.807) is 24.3 Å². The molecule has 0 radical (unpaired) electrons. The van der Waals surface area contributed by atoms with E-state index in [0.717, 1.165) is 24.1 Å². The first-order chi connectivity index (χ1) is 12.8. The van der Waals surface area contributed by atoms with Crippen molar-refractivity contribution in [3.8, 4) is 5.75 Å². The summed E-state index contributed by atoms with van der Waals surface area (Å²) < 4.78 is 36.1. The van der Waals surface area contributed by atoms with Gasteiger partial charge in [0, 0.05) is 5.56 Å². The molecule has 7 heteroatoms. The molecule has 1 aliphatic rings. The number of hydrogen-bond donors (Lipinski definition) is 1. The minimum Gasteiger partial charge on any atom is -0.611 e. The largest absolute Gasteiger partial charge is 0.611 e. The summed E-state index contributed by atoms with van der Waals surface area (Å²) in [5, 5.41) is 2.68. The van der Waals surface area contributed by atoms with E-state index in [9.17, 15) is 13.7 Å². The van der Waals surface area contributed by atoms with Crippen LogP contribution in [0.15, 0.2) is 47.4 Å². The molecule has 1 aliphatic heterocycles. The Hall–Kier alpha value is -2.25. The van der Waals surface area contributed by atoms with Gasteiger partial charge in [-0.05, 0) is 80.3 Å². The molecule has 1 heterocycles. The van der Waals surface area contributed by atoms with Gasteiger partial charge < -0.3 is 14.0 Å². The van der Waals surface area contributed by atoms with Crippen molar-refractivity contribution in [2.75, 3.05) is 17.7 Å². The molecule has 0 saturated heterocycles. The van der Waals surface area contributed by atoms with Crippen molar-refractivity contribution in [3.63, 3.8) is 0 Å². The number of nitrogens with one attached hydrogen (secondary N) is 1. The molecule has 27 heavy (non-hydrogen) atoms. The summed E-state index contributed by atoms with van der Waals surface area (Å²) in [5.41, 5.74) is 0.860. The van der Waals surface area contributed by atoms with Gasteiger partial charge in [-0.15, -0.1) is 0 Å². The molecule has 0 spiro atoms. The van der Waals surface area contributed by atoms with E-state index < -0.39 is 22.9 Å². The van der Waals surface area contributed by atoms with Crippen LogP contribution in [0.5, 0.6) is 5.75 Å². The second kappa shape index (κ2) is 8.19. The van der Waals surface area contributed by atoms with Crippen LogP contribution < -0.4 is 10.1 Å². The van der Waals surface area contributed by atoms with E-state index in [4.69, 9.17) is 9.47 Å².